The predicted molar refractivity (Wildman–Crippen MR) is 68.9 cm³/mol. The van der Waals surface area contributed by atoms with Crippen molar-refractivity contribution in [3.05, 3.63) is 0 Å². The SMILES string of the molecule is CCC1(C(=O)O)CCN(C(=O)N2CCC(OC)C2)C1. The average Bonchev–Trinajstić information content (AvgIpc) is 3.05. The number of urea groups is 1. The van der Waals surface area contributed by atoms with Crippen molar-refractivity contribution in [1.29, 1.82) is 0 Å². The predicted octanol–water partition coefficient (Wildman–Crippen LogP) is 1.01. The number of carbonyl (C=O) groups is 2. The van der Waals surface area contributed by atoms with E-state index in [0.717, 1.165) is 6.42 Å². The maximum atomic E-state index is 12.3. The number of carboxylic acids is 1. The standard InChI is InChI=1S/C13H22N2O4/c1-3-13(11(16)17)5-7-15(9-13)12(18)14-6-4-10(8-14)19-2/h10H,3-9H2,1-2H3,(H,16,17). The van der Waals surface area contributed by atoms with Crippen LogP contribution in [-0.4, -0.2) is 66.3 Å². The van der Waals surface area contributed by atoms with Crippen molar-refractivity contribution < 1.29 is 19.4 Å². The van der Waals surface area contributed by atoms with E-state index in [1.807, 2.05) is 6.92 Å². The topological polar surface area (TPSA) is 70.1 Å². The Morgan fingerprint density at radius 1 is 1.37 bits per heavy atom. The van der Waals surface area contributed by atoms with Crippen molar-refractivity contribution in [2.24, 2.45) is 5.41 Å². The zero-order chi connectivity index (χ0) is 14.0. The van der Waals surface area contributed by atoms with Crippen molar-refractivity contribution in [3.8, 4) is 0 Å². The summed E-state index contributed by atoms with van der Waals surface area (Å²) >= 11 is 0. The highest BCUT2D eigenvalue weighted by Crippen LogP contribution is 2.35. The molecule has 1 N–H and O–H groups in total. The maximum Gasteiger partial charge on any atom is 0.320 e. The average molecular weight is 270 g/mol. The van der Waals surface area contributed by atoms with E-state index < -0.39 is 11.4 Å². The number of ether oxygens (including phenoxy) is 1. The van der Waals surface area contributed by atoms with Crippen LogP contribution in [0, 0.1) is 5.41 Å². The van der Waals surface area contributed by atoms with E-state index in [1.54, 1.807) is 16.9 Å². The first-order valence-corrected chi connectivity index (χ1v) is 6.82. The fourth-order valence-electron chi connectivity index (χ4n) is 2.94. The molecule has 0 bridgehead atoms. The zero-order valence-electron chi connectivity index (χ0n) is 11.6. The minimum Gasteiger partial charge on any atom is -0.481 e. The van der Waals surface area contributed by atoms with Gasteiger partial charge in [0.05, 0.1) is 11.5 Å². The van der Waals surface area contributed by atoms with E-state index in [9.17, 15) is 14.7 Å². The van der Waals surface area contributed by atoms with Crippen LogP contribution in [0.25, 0.3) is 0 Å². The molecule has 0 saturated carbocycles. The highest BCUT2D eigenvalue weighted by Gasteiger charge is 2.46. The number of likely N-dealkylation sites (tertiary alicyclic amines) is 2. The first-order valence-electron chi connectivity index (χ1n) is 6.82. The van der Waals surface area contributed by atoms with E-state index >= 15 is 0 Å². The Morgan fingerprint density at radius 3 is 2.58 bits per heavy atom. The highest BCUT2D eigenvalue weighted by molar-refractivity contribution is 5.80. The Hall–Kier alpha value is -1.30. The summed E-state index contributed by atoms with van der Waals surface area (Å²) in [7, 11) is 1.65. The van der Waals surface area contributed by atoms with Gasteiger partial charge < -0.3 is 19.6 Å². The number of hydrogen-bond acceptors (Lipinski definition) is 3. The molecule has 2 unspecified atom stereocenters. The number of carbonyl (C=O) groups excluding carboxylic acids is 1. The molecule has 2 amide bonds. The summed E-state index contributed by atoms with van der Waals surface area (Å²) in [5.74, 6) is -0.790. The Kier molecular flexibility index (Phi) is 3.99. The van der Waals surface area contributed by atoms with Crippen molar-refractivity contribution in [1.82, 2.24) is 9.80 Å². The summed E-state index contributed by atoms with van der Waals surface area (Å²) in [6.07, 6.45) is 2.08. The van der Waals surface area contributed by atoms with Crippen LogP contribution in [0.3, 0.4) is 0 Å². The fourth-order valence-corrected chi connectivity index (χ4v) is 2.94. The monoisotopic (exact) mass is 270 g/mol. The van der Waals surface area contributed by atoms with Crippen molar-refractivity contribution in [2.45, 2.75) is 32.3 Å². The summed E-state index contributed by atoms with van der Waals surface area (Å²) in [6, 6.07) is -0.0453. The molecule has 0 radical (unpaired) electrons. The summed E-state index contributed by atoms with van der Waals surface area (Å²) in [5.41, 5.74) is -0.754. The Bertz CT molecular complexity index is 374. The number of amides is 2. The minimum atomic E-state index is -0.790. The van der Waals surface area contributed by atoms with Crippen LogP contribution in [0.1, 0.15) is 26.2 Å². The minimum absolute atomic E-state index is 0.0453. The van der Waals surface area contributed by atoms with E-state index in [4.69, 9.17) is 4.74 Å². The number of methoxy groups -OCH3 is 1. The molecular formula is C13H22N2O4. The number of rotatable bonds is 3. The van der Waals surface area contributed by atoms with Crippen molar-refractivity contribution in [2.75, 3.05) is 33.3 Å². The second-order valence-corrected chi connectivity index (χ2v) is 5.49. The fraction of sp³-hybridized carbons (Fsp3) is 0.846. The molecule has 19 heavy (non-hydrogen) atoms. The van der Waals surface area contributed by atoms with Gasteiger partial charge >= 0.3 is 12.0 Å². The third kappa shape index (κ3) is 2.54. The van der Waals surface area contributed by atoms with Crippen molar-refractivity contribution in [3.63, 3.8) is 0 Å². The van der Waals surface area contributed by atoms with Crippen LogP contribution in [0.4, 0.5) is 4.79 Å². The summed E-state index contributed by atoms with van der Waals surface area (Å²) in [4.78, 5) is 27.2. The lowest BCUT2D eigenvalue weighted by atomic mass is 9.84. The molecule has 108 valence electrons. The Balaban J connectivity index is 1.97. The van der Waals surface area contributed by atoms with Gasteiger partial charge in [0.1, 0.15) is 0 Å². The van der Waals surface area contributed by atoms with Crippen LogP contribution in [0.5, 0.6) is 0 Å². The molecule has 2 fully saturated rings. The van der Waals surface area contributed by atoms with Crippen LogP contribution >= 0.6 is 0 Å². The van der Waals surface area contributed by atoms with Crippen molar-refractivity contribution >= 4 is 12.0 Å². The lowest BCUT2D eigenvalue weighted by Crippen LogP contribution is -2.43. The molecule has 0 aromatic heterocycles. The first-order chi connectivity index (χ1) is 9.02. The molecule has 2 heterocycles. The lowest BCUT2D eigenvalue weighted by Gasteiger charge is -2.26. The van der Waals surface area contributed by atoms with Gasteiger partial charge in [0.25, 0.3) is 0 Å². The van der Waals surface area contributed by atoms with Gasteiger partial charge in [-0.25, -0.2) is 4.79 Å². The first kappa shape index (κ1) is 14.1. The van der Waals surface area contributed by atoms with E-state index in [-0.39, 0.29) is 12.1 Å². The number of carboxylic acid groups (broad SMARTS) is 1. The van der Waals surface area contributed by atoms with Gasteiger partial charge in [-0.15, -0.1) is 0 Å². The van der Waals surface area contributed by atoms with E-state index in [2.05, 4.69) is 0 Å². The van der Waals surface area contributed by atoms with Gasteiger partial charge in [0, 0.05) is 33.3 Å². The Labute approximate surface area is 113 Å². The molecule has 2 atom stereocenters. The molecule has 2 aliphatic heterocycles. The summed E-state index contributed by atoms with van der Waals surface area (Å²) in [5, 5.41) is 9.34. The molecule has 2 aliphatic rings. The zero-order valence-corrected chi connectivity index (χ0v) is 11.6. The van der Waals surface area contributed by atoms with Crippen LogP contribution in [0.15, 0.2) is 0 Å². The van der Waals surface area contributed by atoms with E-state index in [0.29, 0.717) is 39.0 Å². The third-order valence-corrected chi connectivity index (χ3v) is 4.50. The maximum absolute atomic E-state index is 12.3. The van der Waals surface area contributed by atoms with Gasteiger partial charge in [-0.1, -0.05) is 6.92 Å². The van der Waals surface area contributed by atoms with Crippen LogP contribution < -0.4 is 0 Å². The van der Waals surface area contributed by atoms with Crippen LogP contribution in [-0.2, 0) is 9.53 Å². The Morgan fingerprint density at radius 2 is 2.11 bits per heavy atom. The third-order valence-electron chi connectivity index (χ3n) is 4.50. The molecule has 0 aromatic rings. The van der Waals surface area contributed by atoms with Gasteiger partial charge in [0.2, 0.25) is 0 Å². The molecule has 0 aliphatic carbocycles. The van der Waals surface area contributed by atoms with Gasteiger partial charge in [-0.05, 0) is 19.3 Å². The molecular weight excluding hydrogens is 248 g/mol. The second-order valence-electron chi connectivity index (χ2n) is 5.49. The molecule has 0 aromatic carbocycles. The number of nitrogens with zero attached hydrogens (tertiary/aromatic N) is 2. The normalized spacial score (nSPS) is 30.9. The quantitative estimate of drug-likeness (QED) is 0.831. The molecule has 6 heteroatoms. The molecule has 2 rings (SSSR count). The van der Waals surface area contributed by atoms with Gasteiger partial charge in [-0.3, -0.25) is 4.79 Å². The lowest BCUT2D eigenvalue weighted by molar-refractivity contribution is -0.148. The number of aliphatic carboxylic acids is 1. The highest BCUT2D eigenvalue weighted by atomic mass is 16.5. The molecule has 2 saturated heterocycles. The van der Waals surface area contributed by atoms with E-state index in [1.165, 1.54) is 0 Å². The summed E-state index contributed by atoms with van der Waals surface area (Å²) < 4.78 is 5.25. The van der Waals surface area contributed by atoms with Crippen LogP contribution in [0.2, 0.25) is 0 Å². The number of hydrogen-bond donors (Lipinski definition) is 1. The molecule has 0 spiro atoms. The van der Waals surface area contributed by atoms with Gasteiger partial charge in [0.15, 0.2) is 0 Å². The van der Waals surface area contributed by atoms with Gasteiger partial charge in [-0.2, -0.15) is 0 Å². The second kappa shape index (κ2) is 5.36. The largest absolute Gasteiger partial charge is 0.481 e. The summed E-state index contributed by atoms with van der Waals surface area (Å²) in [6.45, 7) is 4.04. The smallest absolute Gasteiger partial charge is 0.320 e. The molecule has 6 nitrogen and oxygen atoms in total.